The molecule has 0 spiro atoms. The van der Waals surface area contributed by atoms with Crippen LogP contribution in [0.15, 0.2) is 84.9 Å². The molecule has 0 aliphatic heterocycles. The van der Waals surface area contributed by atoms with Gasteiger partial charge in [0.15, 0.2) is 0 Å². The molecule has 1 aliphatic rings. The largest absolute Gasteiger partial charge is 0.696 e. The maximum absolute atomic E-state index is 5.55. The third-order valence-corrected chi connectivity index (χ3v) is 10.2. The Balaban J connectivity index is 0.000000389. The molecule has 4 aromatic carbocycles. The molecule has 0 aromatic heterocycles. The minimum absolute atomic E-state index is 0. The maximum atomic E-state index is 5.55. The smallest absolute Gasteiger partial charge is 0 e. The summed E-state index contributed by atoms with van der Waals surface area (Å²) in [5, 5.41) is 11.1. The number of hydrogen-bond acceptors (Lipinski definition) is 2. The van der Waals surface area contributed by atoms with Gasteiger partial charge in [0.25, 0.3) is 0 Å². The van der Waals surface area contributed by atoms with Crippen LogP contribution in [0.25, 0.3) is 10.6 Å². The van der Waals surface area contributed by atoms with E-state index >= 15 is 0 Å². The Labute approximate surface area is 357 Å². The maximum Gasteiger partial charge on any atom is 0 e. The monoisotopic (exact) mass is 803 g/mol. The summed E-state index contributed by atoms with van der Waals surface area (Å²) in [6.45, 7) is 26.1. The zero-order chi connectivity index (χ0) is 39.2. The number of nitrogens with zero attached hydrogens (tertiary/aromatic N) is 4. The van der Waals surface area contributed by atoms with Gasteiger partial charge >= 0.3 is 0 Å². The van der Waals surface area contributed by atoms with Gasteiger partial charge < -0.3 is 20.4 Å². The molecule has 1 aliphatic carbocycles. The Morgan fingerprint density at radius 3 is 1.06 bits per heavy atom. The van der Waals surface area contributed by atoms with Crippen LogP contribution in [0.4, 0.5) is 22.7 Å². The minimum Gasteiger partial charge on any atom is -0.696 e. The Morgan fingerprint density at radius 2 is 0.796 bits per heavy atom. The number of anilines is 2. The minimum atomic E-state index is -0.0138. The summed E-state index contributed by atoms with van der Waals surface area (Å²) in [4.78, 5) is 4.12. The fourth-order valence-corrected chi connectivity index (χ4v) is 7.15. The summed E-state index contributed by atoms with van der Waals surface area (Å²) < 4.78 is 0. The Kier molecular flexibility index (Phi) is 20.1. The van der Waals surface area contributed by atoms with E-state index in [1.807, 2.05) is 64.6 Å². The van der Waals surface area contributed by atoms with Crippen molar-refractivity contribution in [3.8, 4) is 0 Å². The zero-order valence-electron chi connectivity index (χ0n) is 35.9. The summed E-state index contributed by atoms with van der Waals surface area (Å²) in [7, 11) is 8.07. The van der Waals surface area contributed by atoms with Crippen LogP contribution in [0.5, 0.6) is 0 Å². The van der Waals surface area contributed by atoms with Gasteiger partial charge in [-0.15, -0.1) is 23.5 Å². The second-order valence-corrected chi connectivity index (χ2v) is 16.3. The molecule has 4 nitrogen and oxygen atoms in total. The predicted molar refractivity (Wildman–Crippen MR) is 236 cm³/mol. The molecule has 1 saturated carbocycles. The van der Waals surface area contributed by atoms with Gasteiger partial charge in [-0.05, 0) is 51.9 Å². The van der Waals surface area contributed by atoms with E-state index in [2.05, 4.69) is 128 Å². The summed E-state index contributed by atoms with van der Waals surface area (Å²) in [5.41, 5.74) is 12.4. The molecule has 5 heteroatoms. The third-order valence-electron chi connectivity index (χ3n) is 10.2. The van der Waals surface area contributed by atoms with Gasteiger partial charge in [0, 0.05) is 32.7 Å². The van der Waals surface area contributed by atoms with Gasteiger partial charge in [-0.3, -0.25) is 0 Å². The molecule has 1 radical (unpaired) electrons. The number of hydrogen-bond donors (Lipinski definition) is 0. The van der Waals surface area contributed by atoms with Crippen LogP contribution in [-0.2, 0) is 32.7 Å². The molecule has 54 heavy (non-hydrogen) atoms. The van der Waals surface area contributed by atoms with Crippen molar-refractivity contribution in [3.63, 3.8) is 0 Å². The van der Waals surface area contributed by atoms with Gasteiger partial charge in [0.2, 0.25) is 0 Å². The molecule has 0 saturated heterocycles. The van der Waals surface area contributed by atoms with Crippen LogP contribution in [0.2, 0.25) is 0 Å². The van der Waals surface area contributed by atoms with Crippen LogP contribution < -0.4 is 9.80 Å². The molecule has 1 fully saturated rings. The van der Waals surface area contributed by atoms with E-state index in [-0.39, 0.29) is 38.9 Å². The molecule has 0 bridgehead atoms. The summed E-state index contributed by atoms with van der Waals surface area (Å²) >= 11 is 0. The summed E-state index contributed by atoms with van der Waals surface area (Å²) in [5.74, 6) is 2.32. The Morgan fingerprint density at radius 1 is 0.481 bits per heavy atom. The van der Waals surface area contributed by atoms with Crippen LogP contribution >= 0.6 is 0 Å². The van der Waals surface area contributed by atoms with Crippen molar-refractivity contribution in [2.45, 2.75) is 117 Å². The van der Waals surface area contributed by atoms with E-state index in [4.69, 9.17) is 10.6 Å². The number of benzene rings is 4. The third kappa shape index (κ3) is 13.6. The quantitative estimate of drug-likeness (QED) is 0.142. The van der Waals surface area contributed by atoms with Crippen LogP contribution in [0.1, 0.15) is 145 Å². The van der Waals surface area contributed by atoms with Gasteiger partial charge in [0.05, 0.1) is 0 Å². The van der Waals surface area contributed by atoms with E-state index in [9.17, 15) is 0 Å². The van der Waals surface area contributed by atoms with Crippen LogP contribution in [-0.4, -0.2) is 34.4 Å². The topological polar surface area (TPSA) is 34.7 Å². The second kappa shape index (κ2) is 23.1. The first-order chi connectivity index (χ1) is 25.1. The van der Waals surface area contributed by atoms with Gasteiger partial charge in [-0.25, -0.2) is 6.17 Å². The molecule has 4 aromatic rings. The molecular formula is C49H70N4Y-4. The van der Waals surface area contributed by atoms with Crippen molar-refractivity contribution >= 4 is 22.7 Å². The Bertz CT molecular complexity index is 1500. The average molecular weight is 804 g/mol. The first-order valence-electron chi connectivity index (χ1n) is 20.0. The van der Waals surface area contributed by atoms with Crippen LogP contribution in [0, 0.1) is 19.8 Å². The van der Waals surface area contributed by atoms with Crippen LogP contribution in [0.3, 0.4) is 0 Å². The predicted octanol–water partition coefficient (Wildman–Crippen LogP) is 14.7. The number of para-hydroxylation sites is 4. The fraction of sp³-hybridized carbons (Fsp3) is 0.469. The summed E-state index contributed by atoms with van der Waals surface area (Å²) in [6.07, 6.45) is 6.41. The molecule has 0 unspecified atom stereocenters. The fourth-order valence-electron chi connectivity index (χ4n) is 7.15. The normalized spacial score (nSPS) is 12.8. The van der Waals surface area contributed by atoms with Crippen molar-refractivity contribution in [2.75, 3.05) is 38.0 Å². The summed E-state index contributed by atoms with van der Waals surface area (Å²) in [6, 6.07) is 29.7. The average Bonchev–Trinajstić information content (AvgIpc) is 3.12. The Hall–Kier alpha value is -3.08. The second-order valence-electron chi connectivity index (χ2n) is 16.3. The van der Waals surface area contributed by atoms with Gasteiger partial charge in [-0.2, -0.15) is 37.1 Å². The van der Waals surface area contributed by atoms with E-state index in [1.54, 1.807) is 0 Å². The van der Waals surface area contributed by atoms with Crippen molar-refractivity contribution < 1.29 is 32.7 Å². The zero-order valence-corrected chi connectivity index (χ0v) is 38.7. The molecule has 0 heterocycles. The molecule has 0 amide bonds. The molecular weight excluding hydrogens is 733 g/mol. The number of rotatable bonds is 11. The van der Waals surface area contributed by atoms with E-state index in [0.29, 0.717) is 29.6 Å². The SMILES string of the molecule is CC(C)c1cccc(C(C)C)c1[N-]C([N-]c1c(C(C)C)cccc1C(C)C)C1CCCCC1.[CH2-]c1ccccc1N(C)C.[CH2-]c1ccccc1N(C)C.[Y]. The standard InChI is InChI=1S/C31H46N2.2C9H12N.Y/c1-20(2)25-16-12-17-26(21(3)4)29(25)32-31(24-14-10-9-11-15-24)33-30-27(22(5)6)18-13-19-28(30)23(7)8;2*1-8-6-4-5-7-9(8)10(2)3;/h12-13,16-24,31H,9-11,14-15H2,1-8H3;2*4-7H,1H2,2-3H3;/q-2;2*-1;. The van der Waals surface area contributed by atoms with E-state index in [0.717, 1.165) is 11.1 Å². The van der Waals surface area contributed by atoms with Crippen molar-refractivity contribution in [3.05, 3.63) is 143 Å². The molecule has 293 valence electrons. The van der Waals surface area contributed by atoms with E-state index < -0.39 is 0 Å². The van der Waals surface area contributed by atoms with Gasteiger partial charge in [0.1, 0.15) is 0 Å². The first kappa shape index (κ1) is 47.1. The molecule has 5 rings (SSSR count). The molecule has 0 atom stereocenters. The van der Waals surface area contributed by atoms with Crippen molar-refractivity contribution in [1.82, 2.24) is 0 Å². The van der Waals surface area contributed by atoms with Gasteiger partial charge in [-0.1, -0.05) is 188 Å². The van der Waals surface area contributed by atoms with Crippen molar-refractivity contribution in [2.24, 2.45) is 5.92 Å². The first-order valence-corrected chi connectivity index (χ1v) is 20.0. The van der Waals surface area contributed by atoms with E-state index in [1.165, 1.54) is 77.1 Å². The van der Waals surface area contributed by atoms with Crippen molar-refractivity contribution in [1.29, 1.82) is 0 Å². The molecule has 0 N–H and O–H groups in total.